The highest BCUT2D eigenvalue weighted by atomic mass is 16.7. The van der Waals surface area contributed by atoms with Gasteiger partial charge in [0.15, 0.2) is 6.79 Å². The molecule has 0 saturated heterocycles. The molecular formula is C17H16O3. The van der Waals surface area contributed by atoms with Crippen molar-refractivity contribution in [2.45, 2.75) is 6.61 Å². The first-order valence-electron chi connectivity index (χ1n) is 6.33. The lowest BCUT2D eigenvalue weighted by molar-refractivity contribution is 0.00504. The van der Waals surface area contributed by atoms with Crippen molar-refractivity contribution < 1.29 is 14.6 Å². The normalized spacial score (nSPS) is 9.65. The molecule has 2 rings (SSSR count). The van der Waals surface area contributed by atoms with Gasteiger partial charge in [0.25, 0.3) is 0 Å². The third-order valence-corrected chi connectivity index (χ3v) is 2.59. The minimum absolute atomic E-state index is 0.133. The van der Waals surface area contributed by atoms with Crippen molar-refractivity contribution in [1.29, 1.82) is 0 Å². The molecule has 3 nitrogen and oxygen atoms in total. The Hall–Kier alpha value is -2.28. The largest absolute Gasteiger partial charge is 0.468 e. The molecule has 0 radical (unpaired) electrons. The third-order valence-electron chi connectivity index (χ3n) is 2.59. The average Bonchev–Trinajstić information content (AvgIpc) is 2.52. The van der Waals surface area contributed by atoms with Crippen LogP contribution in [0.1, 0.15) is 11.1 Å². The van der Waals surface area contributed by atoms with Crippen LogP contribution in [0.3, 0.4) is 0 Å². The molecule has 20 heavy (non-hydrogen) atoms. The van der Waals surface area contributed by atoms with Crippen LogP contribution in [0.5, 0.6) is 5.75 Å². The van der Waals surface area contributed by atoms with Crippen LogP contribution in [0.25, 0.3) is 0 Å². The van der Waals surface area contributed by atoms with E-state index in [4.69, 9.17) is 14.6 Å². The van der Waals surface area contributed by atoms with E-state index in [-0.39, 0.29) is 13.4 Å². The van der Waals surface area contributed by atoms with Crippen molar-refractivity contribution in [3.8, 4) is 17.6 Å². The average molecular weight is 268 g/mol. The van der Waals surface area contributed by atoms with E-state index in [9.17, 15) is 0 Å². The highest BCUT2D eigenvalue weighted by Gasteiger charge is 1.95. The molecule has 0 aliphatic heterocycles. The lowest BCUT2D eigenvalue weighted by atomic mass is 10.2. The summed E-state index contributed by atoms with van der Waals surface area (Å²) in [6, 6.07) is 17.3. The summed E-state index contributed by atoms with van der Waals surface area (Å²) in [5.41, 5.74) is 1.96. The van der Waals surface area contributed by atoms with Crippen LogP contribution in [0, 0.1) is 11.8 Å². The molecule has 0 aliphatic rings. The number of aliphatic hydroxyl groups excluding tert-OH is 1. The lowest BCUT2D eigenvalue weighted by Crippen LogP contribution is -2.02. The number of hydrogen-bond donors (Lipinski definition) is 1. The molecule has 0 heterocycles. The maximum atomic E-state index is 8.60. The molecule has 0 fully saturated rings. The minimum atomic E-state index is -0.133. The SMILES string of the molecule is OCC#Cc1ccc(OCOCc2ccccc2)cc1. The van der Waals surface area contributed by atoms with Gasteiger partial charge in [0.2, 0.25) is 0 Å². The topological polar surface area (TPSA) is 38.7 Å². The molecule has 0 unspecified atom stereocenters. The quantitative estimate of drug-likeness (QED) is 0.514. The zero-order chi connectivity index (χ0) is 14.0. The summed E-state index contributed by atoms with van der Waals surface area (Å²) >= 11 is 0. The molecule has 0 spiro atoms. The van der Waals surface area contributed by atoms with Gasteiger partial charge in [-0.2, -0.15) is 0 Å². The first-order chi connectivity index (χ1) is 9.88. The Kier molecular flexibility index (Phi) is 5.66. The second-order valence-corrected chi connectivity index (χ2v) is 4.08. The molecule has 0 atom stereocenters. The highest BCUT2D eigenvalue weighted by molar-refractivity contribution is 5.38. The number of ether oxygens (including phenoxy) is 2. The van der Waals surface area contributed by atoms with Crippen molar-refractivity contribution in [2.24, 2.45) is 0 Å². The maximum absolute atomic E-state index is 8.60. The zero-order valence-electron chi connectivity index (χ0n) is 11.1. The van der Waals surface area contributed by atoms with E-state index >= 15 is 0 Å². The van der Waals surface area contributed by atoms with E-state index in [1.54, 1.807) is 0 Å². The van der Waals surface area contributed by atoms with Gasteiger partial charge in [0, 0.05) is 5.56 Å². The van der Waals surface area contributed by atoms with Gasteiger partial charge >= 0.3 is 0 Å². The second kappa shape index (κ2) is 8.00. The summed E-state index contributed by atoms with van der Waals surface area (Å²) < 4.78 is 10.9. The molecular weight excluding hydrogens is 252 g/mol. The van der Waals surface area contributed by atoms with Crippen molar-refractivity contribution in [3.63, 3.8) is 0 Å². The molecule has 0 saturated carbocycles. The van der Waals surface area contributed by atoms with Gasteiger partial charge in [-0.1, -0.05) is 42.2 Å². The summed E-state index contributed by atoms with van der Waals surface area (Å²) in [5, 5.41) is 8.60. The Bertz CT molecular complexity index is 565. The summed E-state index contributed by atoms with van der Waals surface area (Å²) in [6.45, 7) is 0.600. The van der Waals surface area contributed by atoms with Crippen LogP contribution in [0.15, 0.2) is 54.6 Å². The van der Waals surface area contributed by atoms with E-state index in [2.05, 4.69) is 11.8 Å². The first-order valence-corrected chi connectivity index (χ1v) is 6.33. The van der Waals surface area contributed by atoms with Crippen molar-refractivity contribution in [1.82, 2.24) is 0 Å². The number of rotatable bonds is 5. The van der Waals surface area contributed by atoms with Crippen molar-refractivity contribution in [3.05, 3.63) is 65.7 Å². The molecule has 102 valence electrons. The maximum Gasteiger partial charge on any atom is 0.189 e. The van der Waals surface area contributed by atoms with Gasteiger partial charge in [-0.3, -0.25) is 0 Å². The van der Waals surface area contributed by atoms with Crippen LogP contribution < -0.4 is 4.74 Å². The summed E-state index contributed by atoms with van der Waals surface area (Å²) in [4.78, 5) is 0. The molecule has 0 aromatic heterocycles. The van der Waals surface area contributed by atoms with E-state index in [1.807, 2.05) is 54.6 Å². The summed E-state index contributed by atoms with van der Waals surface area (Å²) in [5.74, 6) is 6.15. The second-order valence-electron chi connectivity index (χ2n) is 4.08. The minimum Gasteiger partial charge on any atom is -0.468 e. The van der Waals surface area contributed by atoms with Crippen LogP contribution in [0.2, 0.25) is 0 Å². The van der Waals surface area contributed by atoms with Gasteiger partial charge in [-0.05, 0) is 29.8 Å². The molecule has 0 bridgehead atoms. The molecule has 2 aromatic rings. The fourth-order valence-electron chi connectivity index (χ4n) is 1.62. The number of hydrogen-bond acceptors (Lipinski definition) is 3. The molecule has 0 amide bonds. The van der Waals surface area contributed by atoms with Crippen LogP contribution in [-0.2, 0) is 11.3 Å². The zero-order valence-corrected chi connectivity index (χ0v) is 11.1. The smallest absolute Gasteiger partial charge is 0.189 e. The predicted molar refractivity (Wildman–Crippen MR) is 77.1 cm³/mol. The van der Waals surface area contributed by atoms with Crippen molar-refractivity contribution >= 4 is 0 Å². The molecule has 0 aliphatic carbocycles. The van der Waals surface area contributed by atoms with Gasteiger partial charge in [-0.25, -0.2) is 0 Å². The van der Waals surface area contributed by atoms with Gasteiger partial charge in [0.1, 0.15) is 12.4 Å². The Balaban J connectivity index is 1.74. The molecule has 1 N–H and O–H groups in total. The van der Waals surface area contributed by atoms with E-state index in [0.29, 0.717) is 6.61 Å². The van der Waals surface area contributed by atoms with Crippen molar-refractivity contribution in [2.75, 3.05) is 13.4 Å². The molecule has 3 heteroatoms. The summed E-state index contributed by atoms with van der Waals surface area (Å²) in [7, 11) is 0. The standard InChI is InChI=1S/C17H16O3/c18-12-4-7-15-8-10-17(11-9-15)20-14-19-13-16-5-2-1-3-6-16/h1-3,5-6,8-11,18H,12-14H2. The lowest BCUT2D eigenvalue weighted by Gasteiger charge is -2.07. The number of aliphatic hydroxyl groups is 1. The third kappa shape index (κ3) is 4.77. The van der Waals surface area contributed by atoms with Gasteiger partial charge < -0.3 is 14.6 Å². The van der Waals surface area contributed by atoms with E-state index in [0.717, 1.165) is 16.9 Å². The highest BCUT2D eigenvalue weighted by Crippen LogP contribution is 2.11. The van der Waals surface area contributed by atoms with Crippen LogP contribution >= 0.6 is 0 Å². The van der Waals surface area contributed by atoms with Gasteiger partial charge in [-0.15, -0.1) is 0 Å². The fourth-order valence-corrected chi connectivity index (χ4v) is 1.62. The van der Waals surface area contributed by atoms with E-state index < -0.39 is 0 Å². The van der Waals surface area contributed by atoms with Gasteiger partial charge in [0.05, 0.1) is 6.61 Å². The monoisotopic (exact) mass is 268 g/mol. The van der Waals surface area contributed by atoms with E-state index in [1.165, 1.54) is 0 Å². The Labute approximate surface area is 118 Å². The Morgan fingerprint density at radius 2 is 1.70 bits per heavy atom. The fraction of sp³-hybridized carbons (Fsp3) is 0.176. The summed E-state index contributed by atoms with van der Waals surface area (Å²) in [6.07, 6.45) is 0. The number of benzene rings is 2. The Morgan fingerprint density at radius 1 is 0.950 bits per heavy atom. The first kappa shape index (κ1) is 14.1. The predicted octanol–water partition coefficient (Wildman–Crippen LogP) is 2.58. The van der Waals surface area contributed by atoms with Crippen LogP contribution in [0.4, 0.5) is 0 Å². The Morgan fingerprint density at radius 3 is 2.40 bits per heavy atom. The van der Waals surface area contributed by atoms with Crippen LogP contribution in [-0.4, -0.2) is 18.5 Å². The molecule has 2 aromatic carbocycles.